The Morgan fingerprint density at radius 3 is 2.14 bits per heavy atom. The number of benzene rings is 1. The molecule has 0 aliphatic rings. The van der Waals surface area contributed by atoms with Crippen LogP contribution in [0, 0.1) is 0 Å². The molecular formula is C10H13NO8P2S. The molecular weight excluding hydrogens is 356 g/mol. The second-order valence-corrected chi connectivity index (χ2v) is 9.68. The highest BCUT2D eigenvalue weighted by molar-refractivity contribution is 7.72. The van der Waals surface area contributed by atoms with Crippen LogP contribution in [0.1, 0.15) is 6.42 Å². The molecule has 22 heavy (non-hydrogen) atoms. The van der Waals surface area contributed by atoms with Crippen molar-refractivity contribution in [1.29, 1.82) is 0 Å². The van der Waals surface area contributed by atoms with Crippen LogP contribution < -0.4 is 5.56 Å². The van der Waals surface area contributed by atoms with Crippen LogP contribution >= 0.6 is 26.7 Å². The van der Waals surface area contributed by atoms with Crippen molar-refractivity contribution in [3.05, 3.63) is 34.6 Å². The van der Waals surface area contributed by atoms with Gasteiger partial charge in [-0.05, 0) is 12.1 Å². The minimum Gasteiger partial charge on any atom is -0.367 e. The molecule has 1 aromatic carbocycles. The van der Waals surface area contributed by atoms with Crippen molar-refractivity contribution in [1.82, 2.24) is 3.96 Å². The number of rotatable bonds is 5. The highest BCUT2D eigenvalue weighted by atomic mass is 32.1. The molecule has 0 saturated heterocycles. The SMILES string of the molecule is O=c1c2ccccc2sn1CCC(O)(P(=O)(O)O)P(=O)(O)O. The van der Waals surface area contributed by atoms with Crippen LogP contribution in [0.15, 0.2) is 29.1 Å². The van der Waals surface area contributed by atoms with Crippen molar-refractivity contribution in [2.75, 3.05) is 0 Å². The highest BCUT2D eigenvalue weighted by Gasteiger charge is 2.58. The van der Waals surface area contributed by atoms with Crippen LogP contribution in [-0.4, -0.2) is 33.7 Å². The molecule has 0 atom stereocenters. The molecule has 5 N–H and O–H groups in total. The Morgan fingerprint density at radius 2 is 1.64 bits per heavy atom. The summed E-state index contributed by atoms with van der Waals surface area (Å²) >= 11 is 0.973. The fraction of sp³-hybridized carbons (Fsp3) is 0.300. The lowest BCUT2D eigenvalue weighted by molar-refractivity contribution is 0.119. The normalized spacial score (nSPS) is 13.7. The van der Waals surface area contributed by atoms with E-state index >= 15 is 0 Å². The third-order valence-corrected chi connectivity index (χ3v) is 8.13. The average Bonchev–Trinajstić information content (AvgIpc) is 2.71. The number of aryl methyl sites for hydroxylation is 1. The zero-order valence-corrected chi connectivity index (χ0v) is 13.5. The molecule has 12 heteroatoms. The average molecular weight is 369 g/mol. The monoisotopic (exact) mass is 369 g/mol. The topological polar surface area (TPSA) is 157 Å². The second kappa shape index (κ2) is 5.67. The van der Waals surface area contributed by atoms with Crippen LogP contribution in [-0.2, 0) is 15.7 Å². The largest absolute Gasteiger partial charge is 0.369 e. The van der Waals surface area contributed by atoms with E-state index in [-0.39, 0.29) is 0 Å². The molecule has 0 spiro atoms. The van der Waals surface area contributed by atoms with Crippen molar-refractivity contribution in [2.45, 2.75) is 18.0 Å². The molecule has 0 fully saturated rings. The number of hydrogen-bond donors (Lipinski definition) is 5. The van der Waals surface area contributed by atoms with Gasteiger partial charge in [0.15, 0.2) is 0 Å². The summed E-state index contributed by atoms with van der Waals surface area (Å²) in [5.74, 6) is 0. The van der Waals surface area contributed by atoms with E-state index in [1.54, 1.807) is 24.3 Å². The van der Waals surface area contributed by atoms with Crippen molar-refractivity contribution in [3.8, 4) is 0 Å². The molecule has 1 heterocycles. The molecule has 0 amide bonds. The van der Waals surface area contributed by atoms with E-state index in [4.69, 9.17) is 19.6 Å². The van der Waals surface area contributed by atoms with Gasteiger partial charge in [-0.15, -0.1) is 0 Å². The van der Waals surface area contributed by atoms with E-state index in [0.29, 0.717) is 10.1 Å². The maximum atomic E-state index is 12.0. The molecule has 0 saturated carbocycles. The Morgan fingerprint density at radius 1 is 1.09 bits per heavy atom. The first-order valence-corrected chi connectivity index (χ1v) is 9.90. The molecule has 0 aliphatic carbocycles. The Bertz CT molecular complexity index is 824. The van der Waals surface area contributed by atoms with Crippen molar-refractivity contribution < 1.29 is 33.8 Å². The molecule has 0 unspecified atom stereocenters. The van der Waals surface area contributed by atoms with Gasteiger partial charge in [0.05, 0.1) is 10.1 Å². The van der Waals surface area contributed by atoms with Gasteiger partial charge in [-0.2, -0.15) is 0 Å². The van der Waals surface area contributed by atoms with Gasteiger partial charge < -0.3 is 24.7 Å². The van der Waals surface area contributed by atoms with E-state index in [1.807, 2.05) is 0 Å². The Balaban J connectivity index is 2.38. The third kappa shape index (κ3) is 2.97. The number of aromatic nitrogens is 1. The van der Waals surface area contributed by atoms with E-state index in [1.165, 1.54) is 0 Å². The number of hydrogen-bond acceptors (Lipinski definition) is 5. The molecule has 0 radical (unpaired) electrons. The van der Waals surface area contributed by atoms with Gasteiger partial charge >= 0.3 is 15.2 Å². The summed E-state index contributed by atoms with van der Waals surface area (Å²) in [6.45, 7) is -0.440. The summed E-state index contributed by atoms with van der Waals surface area (Å²) in [6, 6.07) is 6.56. The predicted molar refractivity (Wildman–Crippen MR) is 79.7 cm³/mol. The molecule has 1 aromatic heterocycles. The summed E-state index contributed by atoms with van der Waals surface area (Å²) in [6.07, 6.45) is -0.964. The lowest BCUT2D eigenvalue weighted by Crippen LogP contribution is -2.31. The Kier molecular flexibility index (Phi) is 4.51. The highest BCUT2D eigenvalue weighted by Crippen LogP contribution is 2.69. The van der Waals surface area contributed by atoms with Crippen LogP contribution in [0.4, 0.5) is 0 Å². The molecule has 122 valence electrons. The predicted octanol–water partition coefficient (Wildman–Crippen LogP) is 0.455. The van der Waals surface area contributed by atoms with E-state index in [2.05, 4.69) is 0 Å². The lowest BCUT2D eigenvalue weighted by Gasteiger charge is -2.28. The van der Waals surface area contributed by atoms with Crippen LogP contribution in [0.2, 0.25) is 0 Å². The number of fused-ring (bicyclic) bond motifs is 1. The first-order chi connectivity index (χ1) is 9.97. The van der Waals surface area contributed by atoms with E-state index < -0.39 is 38.8 Å². The van der Waals surface area contributed by atoms with Crippen LogP contribution in [0.25, 0.3) is 10.1 Å². The van der Waals surface area contributed by atoms with E-state index in [0.717, 1.165) is 15.5 Å². The van der Waals surface area contributed by atoms with Gasteiger partial charge in [0, 0.05) is 13.0 Å². The molecule has 9 nitrogen and oxygen atoms in total. The number of aliphatic hydroxyl groups is 1. The molecule has 0 bridgehead atoms. The van der Waals surface area contributed by atoms with Crippen LogP contribution in [0.3, 0.4) is 0 Å². The molecule has 2 aromatic rings. The lowest BCUT2D eigenvalue weighted by atomic mass is 10.3. The maximum Gasteiger partial charge on any atom is 0.369 e. The molecule has 2 rings (SSSR count). The first-order valence-electron chi connectivity index (χ1n) is 5.90. The van der Waals surface area contributed by atoms with Gasteiger partial charge in [0.2, 0.25) is 0 Å². The summed E-state index contributed by atoms with van der Waals surface area (Å²) < 4.78 is 24.2. The Labute approximate surface area is 127 Å². The van der Waals surface area contributed by atoms with Gasteiger partial charge in [-0.25, -0.2) is 0 Å². The van der Waals surface area contributed by atoms with Gasteiger partial charge in [-0.1, -0.05) is 23.7 Å². The maximum absolute atomic E-state index is 12.0. The fourth-order valence-electron chi connectivity index (χ4n) is 1.88. The van der Waals surface area contributed by atoms with Gasteiger partial charge in [0.1, 0.15) is 0 Å². The summed E-state index contributed by atoms with van der Waals surface area (Å²) in [5.41, 5.74) is -0.459. The summed E-state index contributed by atoms with van der Waals surface area (Å²) in [4.78, 5) is 48.2. The molecule has 0 aliphatic heterocycles. The zero-order valence-electron chi connectivity index (χ0n) is 10.9. The zero-order chi connectivity index (χ0) is 16.8. The van der Waals surface area contributed by atoms with Crippen LogP contribution in [0.5, 0.6) is 0 Å². The number of nitrogens with zero attached hydrogens (tertiary/aromatic N) is 1. The minimum atomic E-state index is -5.51. The fourth-order valence-corrected chi connectivity index (χ4v) is 5.01. The van der Waals surface area contributed by atoms with Gasteiger partial charge in [0.25, 0.3) is 10.6 Å². The second-order valence-electron chi connectivity index (χ2n) is 4.61. The summed E-state index contributed by atoms with van der Waals surface area (Å²) in [7, 11) is -11.0. The van der Waals surface area contributed by atoms with Crippen molar-refractivity contribution >= 4 is 36.8 Å². The smallest absolute Gasteiger partial charge is 0.367 e. The minimum absolute atomic E-state index is 0.378. The van der Waals surface area contributed by atoms with Crippen molar-refractivity contribution in [2.24, 2.45) is 0 Å². The van der Waals surface area contributed by atoms with Gasteiger partial charge in [-0.3, -0.25) is 17.9 Å². The summed E-state index contributed by atoms with van der Waals surface area (Å²) in [5, 5.41) is 6.63. The van der Waals surface area contributed by atoms with E-state index in [9.17, 15) is 19.0 Å². The standard InChI is InChI=1S/C10H13NO8P2S/c12-9-7-3-1-2-4-8(7)22-11(9)6-5-10(13,20(14,15)16)21(17,18)19/h1-4,13H,5-6H2,(H2,14,15,16)(H2,17,18,19). The Hall–Kier alpha value is -0.830. The quantitative estimate of drug-likeness (QED) is 0.476. The first kappa shape index (κ1) is 17.5. The van der Waals surface area contributed by atoms with Crippen molar-refractivity contribution in [3.63, 3.8) is 0 Å². The third-order valence-electron chi connectivity index (χ3n) is 3.14.